The molecule has 1 fully saturated rings. The van der Waals surface area contributed by atoms with Crippen LogP contribution in [0.4, 0.5) is 5.69 Å². The van der Waals surface area contributed by atoms with Gasteiger partial charge in [-0.3, -0.25) is 4.90 Å². The molecule has 3 heteroatoms. The zero-order chi connectivity index (χ0) is 13.8. The lowest BCUT2D eigenvalue weighted by Gasteiger charge is -2.36. The molecule has 0 amide bonds. The molecule has 1 aliphatic rings. The quantitative estimate of drug-likeness (QED) is 0.839. The van der Waals surface area contributed by atoms with Crippen molar-refractivity contribution in [2.75, 3.05) is 25.4 Å². The van der Waals surface area contributed by atoms with E-state index in [2.05, 4.69) is 52.7 Å². The van der Waals surface area contributed by atoms with Crippen LogP contribution in [0.1, 0.15) is 17.2 Å². The van der Waals surface area contributed by atoms with E-state index in [0.29, 0.717) is 6.04 Å². The van der Waals surface area contributed by atoms with Gasteiger partial charge >= 0.3 is 0 Å². The molecule has 1 unspecified atom stereocenters. The highest BCUT2D eigenvalue weighted by Gasteiger charge is 2.23. The van der Waals surface area contributed by atoms with Gasteiger partial charge in [0.1, 0.15) is 0 Å². The van der Waals surface area contributed by atoms with Crippen LogP contribution in [0.5, 0.6) is 0 Å². The minimum absolute atomic E-state index is 0.421. The summed E-state index contributed by atoms with van der Waals surface area (Å²) < 4.78 is 0. The summed E-state index contributed by atoms with van der Waals surface area (Å²) in [5, 5.41) is 3.49. The number of hydrogen-bond acceptors (Lipinski definition) is 3. The smallest absolute Gasteiger partial charge is 0.0476 e. The summed E-state index contributed by atoms with van der Waals surface area (Å²) in [4.78, 5) is 2.54. The molecule has 0 radical (unpaired) electrons. The Balaban J connectivity index is 1.78. The Morgan fingerprint density at radius 3 is 2.55 bits per heavy atom. The first-order valence-electron chi connectivity index (χ1n) is 7.17. The Bertz CT molecular complexity index is 536. The van der Waals surface area contributed by atoms with Crippen molar-refractivity contribution < 1.29 is 0 Å². The van der Waals surface area contributed by atoms with E-state index in [1.54, 1.807) is 0 Å². The molecule has 104 valence electrons. The molecule has 0 bridgehead atoms. The Morgan fingerprint density at radius 2 is 1.80 bits per heavy atom. The SMILES string of the molecule is Nc1ccc(C2CNCCN2Cc2ccccc2)cc1. The summed E-state index contributed by atoms with van der Waals surface area (Å²) >= 11 is 0. The summed E-state index contributed by atoms with van der Waals surface area (Å²) in [7, 11) is 0. The van der Waals surface area contributed by atoms with Crippen LogP contribution in [0.25, 0.3) is 0 Å². The van der Waals surface area contributed by atoms with Crippen LogP contribution in [0.15, 0.2) is 54.6 Å². The van der Waals surface area contributed by atoms with E-state index in [4.69, 9.17) is 5.73 Å². The lowest BCUT2D eigenvalue weighted by Crippen LogP contribution is -2.45. The van der Waals surface area contributed by atoms with Crippen LogP contribution >= 0.6 is 0 Å². The van der Waals surface area contributed by atoms with E-state index in [1.165, 1.54) is 11.1 Å². The maximum atomic E-state index is 5.79. The van der Waals surface area contributed by atoms with Gasteiger partial charge in [-0.25, -0.2) is 0 Å². The van der Waals surface area contributed by atoms with Crippen molar-refractivity contribution in [1.29, 1.82) is 0 Å². The molecule has 0 saturated carbocycles. The van der Waals surface area contributed by atoms with Crippen LogP contribution in [-0.4, -0.2) is 24.5 Å². The Morgan fingerprint density at radius 1 is 1.05 bits per heavy atom. The molecule has 0 aliphatic carbocycles. The van der Waals surface area contributed by atoms with Gasteiger partial charge in [0.2, 0.25) is 0 Å². The summed E-state index contributed by atoms with van der Waals surface area (Å²) in [5.41, 5.74) is 9.32. The lowest BCUT2D eigenvalue weighted by molar-refractivity contribution is 0.154. The van der Waals surface area contributed by atoms with Crippen LogP contribution in [0, 0.1) is 0 Å². The fraction of sp³-hybridized carbons (Fsp3) is 0.294. The molecule has 2 aromatic carbocycles. The van der Waals surface area contributed by atoms with Gasteiger partial charge in [-0.15, -0.1) is 0 Å². The van der Waals surface area contributed by atoms with E-state index in [-0.39, 0.29) is 0 Å². The highest BCUT2D eigenvalue weighted by Crippen LogP contribution is 2.24. The second kappa shape index (κ2) is 6.07. The fourth-order valence-corrected chi connectivity index (χ4v) is 2.80. The third-order valence-corrected chi connectivity index (χ3v) is 3.90. The number of rotatable bonds is 3. The summed E-state index contributed by atoms with van der Waals surface area (Å²) in [6, 6.07) is 19.4. The van der Waals surface area contributed by atoms with Gasteiger partial charge in [0.25, 0.3) is 0 Å². The van der Waals surface area contributed by atoms with Crippen molar-refractivity contribution >= 4 is 5.69 Å². The first-order valence-corrected chi connectivity index (χ1v) is 7.17. The number of nitrogens with zero attached hydrogens (tertiary/aromatic N) is 1. The topological polar surface area (TPSA) is 41.3 Å². The number of nitrogens with two attached hydrogens (primary N) is 1. The number of benzene rings is 2. The molecule has 1 saturated heterocycles. The molecule has 20 heavy (non-hydrogen) atoms. The van der Waals surface area contributed by atoms with Gasteiger partial charge < -0.3 is 11.1 Å². The van der Waals surface area contributed by atoms with Crippen molar-refractivity contribution in [3.05, 3.63) is 65.7 Å². The molecule has 3 N–H and O–H groups in total. The fourth-order valence-electron chi connectivity index (χ4n) is 2.80. The average Bonchev–Trinajstić information content (AvgIpc) is 2.50. The zero-order valence-corrected chi connectivity index (χ0v) is 11.6. The van der Waals surface area contributed by atoms with Crippen molar-refractivity contribution in [2.24, 2.45) is 0 Å². The third-order valence-electron chi connectivity index (χ3n) is 3.90. The normalized spacial score (nSPS) is 19.9. The minimum Gasteiger partial charge on any atom is -0.399 e. The minimum atomic E-state index is 0.421. The molecule has 0 spiro atoms. The molecular formula is C17H21N3. The number of hydrogen-bond donors (Lipinski definition) is 2. The maximum absolute atomic E-state index is 5.79. The van der Waals surface area contributed by atoms with Gasteiger partial charge in [-0.05, 0) is 23.3 Å². The number of piperazine rings is 1. The molecule has 3 nitrogen and oxygen atoms in total. The Labute approximate surface area is 120 Å². The molecular weight excluding hydrogens is 246 g/mol. The summed E-state index contributed by atoms with van der Waals surface area (Å²) in [5.74, 6) is 0. The largest absolute Gasteiger partial charge is 0.399 e. The number of nitrogens with one attached hydrogen (secondary N) is 1. The van der Waals surface area contributed by atoms with Gasteiger partial charge in [0.15, 0.2) is 0 Å². The molecule has 2 aromatic rings. The number of nitrogen functional groups attached to an aromatic ring is 1. The standard InChI is InChI=1S/C17H21N3/c18-16-8-6-15(7-9-16)17-12-19-10-11-20(17)13-14-4-2-1-3-5-14/h1-9,17,19H,10-13,18H2. The van der Waals surface area contributed by atoms with Gasteiger partial charge in [0, 0.05) is 37.9 Å². The van der Waals surface area contributed by atoms with Crippen molar-refractivity contribution in [1.82, 2.24) is 10.2 Å². The van der Waals surface area contributed by atoms with Gasteiger partial charge in [-0.2, -0.15) is 0 Å². The van der Waals surface area contributed by atoms with Crippen molar-refractivity contribution in [3.8, 4) is 0 Å². The third kappa shape index (κ3) is 3.00. The zero-order valence-electron chi connectivity index (χ0n) is 11.6. The highest BCUT2D eigenvalue weighted by atomic mass is 15.2. The van der Waals surface area contributed by atoms with E-state index in [9.17, 15) is 0 Å². The van der Waals surface area contributed by atoms with Crippen LogP contribution < -0.4 is 11.1 Å². The Kier molecular flexibility index (Phi) is 4.00. The molecule has 1 heterocycles. The van der Waals surface area contributed by atoms with Crippen molar-refractivity contribution in [3.63, 3.8) is 0 Å². The molecule has 3 rings (SSSR count). The van der Waals surface area contributed by atoms with Crippen LogP contribution in [0.2, 0.25) is 0 Å². The van der Waals surface area contributed by atoms with Crippen molar-refractivity contribution in [2.45, 2.75) is 12.6 Å². The predicted molar refractivity (Wildman–Crippen MR) is 83.3 cm³/mol. The molecule has 1 aliphatic heterocycles. The lowest BCUT2D eigenvalue weighted by atomic mass is 10.0. The monoisotopic (exact) mass is 267 g/mol. The van der Waals surface area contributed by atoms with E-state index < -0.39 is 0 Å². The van der Waals surface area contributed by atoms with Crippen LogP contribution in [-0.2, 0) is 6.54 Å². The van der Waals surface area contributed by atoms with E-state index in [1.807, 2.05) is 12.1 Å². The first-order chi connectivity index (χ1) is 9.83. The maximum Gasteiger partial charge on any atom is 0.0476 e. The second-order valence-electron chi connectivity index (χ2n) is 5.34. The van der Waals surface area contributed by atoms with Gasteiger partial charge in [-0.1, -0.05) is 42.5 Å². The highest BCUT2D eigenvalue weighted by molar-refractivity contribution is 5.40. The van der Waals surface area contributed by atoms with E-state index in [0.717, 1.165) is 31.9 Å². The van der Waals surface area contributed by atoms with E-state index >= 15 is 0 Å². The predicted octanol–water partition coefficient (Wildman–Crippen LogP) is 2.42. The second-order valence-corrected chi connectivity index (χ2v) is 5.34. The average molecular weight is 267 g/mol. The Hall–Kier alpha value is -1.84. The summed E-state index contributed by atoms with van der Waals surface area (Å²) in [6.45, 7) is 4.12. The number of anilines is 1. The molecule has 1 atom stereocenters. The molecule has 0 aromatic heterocycles. The summed E-state index contributed by atoms with van der Waals surface area (Å²) in [6.07, 6.45) is 0. The first kappa shape index (κ1) is 13.2. The van der Waals surface area contributed by atoms with Crippen LogP contribution in [0.3, 0.4) is 0 Å². The van der Waals surface area contributed by atoms with Gasteiger partial charge in [0.05, 0.1) is 0 Å².